The van der Waals surface area contributed by atoms with Crippen LogP contribution in [0.15, 0.2) is 36.4 Å². The van der Waals surface area contributed by atoms with Crippen molar-refractivity contribution in [2.45, 2.75) is 17.8 Å². The molecule has 1 fully saturated rings. The molecule has 3 aliphatic carbocycles. The van der Waals surface area contributed by atoms with E-state index in [0.29, 0.717) is 21.9 Å². The normalized spacial score (nSPS) is 33.0. The SMILES string of the molecule is Clc1cc2c(cc1Cl)C1C3c4ccccc4C2C31. The van der Waals surface area contributed by atoms with E-state index in [4.69, 9.17) is 23.2 Å². The summed E-state index contributed by atoms with van der Waals surface area (Å²) in [5, 5.41) is 1.39. The Balaban J connectivity index is 1.81. The molecule has 0 amide bonds. The molecular weight excluding hydrogens is 263 g/mol. The molecule has 3 aliphatic rings. The number of hydrogen-bond acceptors (Lipinski definition) is 0. The summed E-state index contributed by atoms with van der Waals surface area (Å²) in [6, 6.07) is 13.1. The third-order valence-corrected chi connectivity index (χ3v) is 5.69. The maximum Gasteiger partial charge on any atom is 0.0595 e. The Hall–Kier alpha value is -0.980. The van der Waals surface area contributed by atoms with Gasteiger partial charge in [-0.1, -0.05) is 47.5 Å². The molecule has 5 rings (SSSR count). The minimum absolute atomic E-state index is 0.570. The van der Waals surface area contributed by atoms with E-state index in [1.807, 2.05) is 0 Å². The van der Waals surface area contributed by atoms with Crippen LogP contribution in [0.25, 0.3) is 0 Å². The molecule has 0 aromatic heterocycles. The fourth-order valence-corrected chi connectivity index (χ4v) is 4.71. The van der Waals surface area contributed by atoms with Crippen LogP contribution in [0.2, 0.25) is 10.0 Å². The predicted octanol–water partition coefficient (Wildman–Crippen LogP) is 4.95. The Bertz CT molecular complexity index is 704. The van der Waals surface area contributed by atoms with Crippen LogP contribution < -0.4 is 0 Å². The smallest absolute Gasteiger partial charge is 0.0595 e. The monoisotopic (exact) mass is 272 g/mol. The first-order valence-electron chi connectivity index (χ1n) is 6.35. The van der Waals surface area contributed by atoms with Gasteiger partial charge in [-0.05, 0) is 52.1 Å². The van der Waals surface area contributed by atoms with E-state index < -0.39 is 0 Å². The second-order valence-corrected chi connectivity index (χ2v) is 6.45. The van der Waals surface area contributed by atoms with E-state index in [-0.39, 0.29) is 0 Å². The average Bonchev–Trinajstić information content (AvgIpc) is 2.92. The lowest BCUT2D eigenvalue weighted by atomic mass is 9.93. The van der Waals surface area contributed by atoms with Crippen LogP contribution in [0.1, 0.15) is 40.0 Å². The Morgan fingerprint density at radius 1 is 0.722 bits per heavy atom. The van der Waals surface area contributed by atoms with E-state index in [2.05, 4.69) is 36.4 Å². The molecule has 1 saturated carbocycles. The molecule has 2 aromatic carbocycles. The zero-order chi connectivity index (χ0) is 12.0. The maximum absolute atomic E-state index is 6.19. The van der Waals surface area contributed by atoms with Gasteiger partial charge in [0.2, 0.25) is 0 Å². The topological polar surface area (TPSA) is 0 Å². The third-order valence-electron chi connectivity index (χ3n) is 4.97. The molecule has 0 nitrogen and oxygen atoms in total. The first kappa shape index (κ1) is 9.89. The molecule has 4 unspecified atom stereocenters. The minimum atomic E-state index is 0.570. The molecule has 0 saturated heterocycles. The second kappa shape index (κ2) is 2.95. The lowest BCUT2D eigenvalue weighted by Crippen LogP contribution is -1.97. The van der Waals surface area contributed by atoms with Crippen LogP contribution in [-0.4, -0.2) is 0 Å². The molecule has 4 atom stereocenters. The summed E-state index contributed by atoms with van der Waals surface area (Å²) < 4.78 is 0. The molecule has 18 heavy (non-hydrogen) atoms. The van der Waals surface area contributed by atoms with E-state index in [1.165, 1.54) is 16.7 Å². The zero-order valence-electron chi connectivity index (χ0n) is 9.53. The first-order chi connectivity index (χ1) is 8.77. The van der Waals surface area contributed by atoms with Gasteiger partial charge in [-0.25, -0.2) is 0 Å². The van der Waals surface area contributed by atoms with Gasteiger partial charge in [-0.2, -0.15) is 0 Å². The van der Waals surface area contributed by atoms with Gasteiger partial charge in [0, 0.05) is 5.92 Å². The van der Waals surface area contributed by atoms with E-state index >= 15 is 0 Å². The fourth-order valence-electron chi connectivity index (χ4n) is 4.37. The van der Waals surface area contributed by atoms with Crippen molar-refractivity contribution in [2.75, 3.05) is 0 Å². The average molecular weight is 273 g/mol. The quantitative estimate of drug-likeness (QED) is 0.637. The highest BCUT2D eigenvalue weighted by Gasteiger charge is 2.66. The highest BCUT2D eigenvalue weighted by molar-refractivity contribution is 6.42. The van der Waals surface area contributed by atoms with E-state index in [0.717, 1.165) is 11.8 Å². The standard InChI is InChI=1S/C16H10Cl2/c17-11-5-9-10(6-12(11)18)15-14-8-4-2-1-3-7(8)13(9)16(14)15/h1-6,13-16H. The Morgan fingerprint density at radius 3 is 2.11 bits per heavy atom. The van der Waals surface area contributed by atoms with Gasteiger partial charge in [-0.3, -0.25) is 0 Å². The largest absolute Gasteiger partial charge is 0.0827 e. The Kier molecular flexibility index (Phi) is 1.62. The summed E-state index contributed by atoms with van der Waals surface area (Å²) in [6.07, 6.45) is 0. The molecule has 0 N–H and O–H groups in total. The predicted molar refractivity (Wildman–Crippen MR) is 73.7 cm³/mol. The molecule has 0 radical (unpaired) electrons. The first-order valence-corrected chi connectivity index (χ1v) is 7.10. The maximum atomic E-state index is 6.19. The van der Waals surface area contributed by atoms with Crippen LogP contribution in [0.3, 0.4) is 0 Å². The van der Waals surface area contributed by atoms with Gasteiger partial charge in [0.1, 0.15) is 0 Å². The van der Waals surface area contributed by atoms with Gasteiger partial charge in [-0.15, -0.1) is 0 Å². The van der Waals surface area contributed by atoms with Gasteiger partial charge in [0.25, 0.3) is 0 Å². The summed E-state index contributed by atoms with van der Waals surface area (Å²) in [7, 11) is 0. The summed E-state index contributed by atoms with van der Waals surface area (Å²) in [6.45, 7) is 0. The van der Waals surface area contributed by atoms with Crippen LogP contribution in [-0.2, 0) is 0 Å². The van der Waals surface area contributed by atoms with Gasteiger partial charge < -0.3 is 0 Å². The van der Waals surface area contributed by atoms with Crippen molar-refractivity contribution >= 4 is 23.2 Å². The molecule has 0 spiro atoms. The summed E-state index contributed by atoms with van der Waals surface area (Å²) >= 11 is 12.4. The molecule has 0 aliphatic heterocycles. The van der Waals surface area contributed by atoms with Gasteiger partial charge in [0.15, 0.2) is 0 Å². The number of rotatable bonds is 0. The number of hydrogen-bond donors (Lipinski definition) is 0. The van der Waals surface area contributed by atoms with Crippen molar-refractivity contribution in [1.82, 2.24) is 0 Å². The van der Waals surface area contributed by atoms with E-state index in [1.54, 1.807) is 5.56 Å². The fraction of sp³-hybridized carbons (Fsp3) is 0.250. The summed E-state index contributed by atoms with van der Waals surface area (Å²) in [5.74, 6) is 2.80. The van der Waals surface area contributed by atoms with Crippen LogP contribution in [0.4, 0.5) is 0 Å². The Labute approximate surface area is 116 Å². The van der Waals surface area contributed by atoms with Crippen molar-refractivity contribution in [3.05, 3.63) is 68.7 Å². The Morgan fingerprint density at radius 2 is 1.33 bits per heavy atom. The van der Waals surface area contributed by atoms with Crippen molar-refractivity contribution in [2.24, 2.45) is 5.92 Å². The third kappa shape index (κ3) is 0.941. The van der Waals surface area contributed by atoms with Crippen LogP contribution >= 0.6 is 23.2 Å². The zero-order valence-corrected chi connectivity index (χ0v) is 11.0. The van der Waals surface area contributed by atoms with Gasteiger partial charge in [0.05, 0.1) is 10.0 Å². The van der Waals surface area contributed by atoms with Gasteiger partial charge >= 0.3 is 0 Å². The number of halogens is 2. The highest BCUT2D eigenvalue weighted by atomic mass is 35.5. The number of benzene rings is 2. The second-order valence-electron chi connectivity index (χ2n) is 5.63. The highest BCUT2D eigenvalue weighted by Crippen LogP contribution is 2.78. The van der Waals surface area contributed by atoms with Crippen molar-refractivity contribution in [3.63, 3.8) is 0 Å². The molecule has 2 heteroatoms. The van der Waals surface area contributed by atoms with Crippen LogP contribution in [0.5, 0.6) is 0 Å². The van der Waals surface area contributed by atoms with Crippen molar-refractivity contribution < 1.29 is 0 Å². The lowest BCUT2D eigenvalue weighted by molar-refractivity contribution is 0.750. The van der Waals surface area contributed by atoms with Crippen LogP contribution in [0, 0.1) is 5.92 Å². The molecule has 2 aromatic rings. The summed E-state index contributed by atoms with van der Waals surface area (Å²) in [5.41, 5.74) is 5.93. The lowest BCUT2D eigenvalue weighted by Gasteiger charge is -2.12. The summed E-state index contributed by atoms with van der Waals surface area (Å²) in [4.78, 5) is 0. The van der Waals surface area contributed by atoms with Crippen molar-refractivity contribution in [1.29, 1.82) is 0 Å². The number of fused-ring (bicyclic) bond motifs is 7. The minimum Gasteiger partial charge on any atom is -0.0827 e. The molecule has 0 bridgehead atoms. The van der Waals surface area contributed by atoms with E-state index in [9.17, 15) is 0 Å². The molecular formula is C16H10Cl2. The molecule has 88 valence electrons. The van der Waals surface area contributed by atoms with Crippen molar-refractivity contribution in [3.8, 4) is 0 Å². The molecule has 0 heterocycles.